The van der Waals surface area contributed by atoms with Crippen molar-refractivity contribution in [2.45, 2.75) is 72.1 Å². The van der Waals surface area contributed by atoms with Crippen molar-refractivity contribution in [1.29, 1.82) is 0 Å². The molecule has 0 spiro atoms. The third-order valence-corrected chi connectivity index (χ3v) is 3.70. The van der Waals surface area contributed by atoms with Crippen LogP contribution in [0.2, 0.25) is 0 Å². The molecule has 6 heteroatoms. The standard InChI is InChI=1S/C21H34O6/c1-7-25-21(22)20(27-16(4)5)19(26-15(2)3)12-13-24-14-17-8-10-18(23-6)11-9-17/h8-11,15-16,19-20H,7,12-14H2,1-6H3/t19-,20+/m0/s1. The van der Waals surface area contributed by atoms with Gasteiger partial charge in [0.1, 0.15) is 5.75 Å². The van der Waals surface area contributed by atoms with E-state index in [9.17, 15) is 4.79 Å². The molecule has 0 aliphatic rings. The van der Waals surface area contributed by atoms with Crippen molar-refractivity contribution in [3.05, 3.63) is 29.8 Å². The fourth-order valence-corrected chi connectivity index (χ4v) is 2.56. The Balaban J connectivity index is 2.63. The molecule has 1 aromatic rings. The van der Waals surface area contributed by atoms with Gasteiger partial charge in [-0.2, -0.15) is 0 Å². The van der Waals surface area contributed by atoms with Crippen LogP contribution in [0.25, 0.3) is 0 Å². The fourth-order valence-electron chi connectivity index (χ4n) is 2.56. The molecule has 0 aliphatic carbocycles. The van der Waals surface area contributed by atoms with Gasteiger partial charge in [-0.1, -0.05) is 12.1 Å². The maximum Gasteiger partial charge on any atom is 0.337 e. The number of benzene rings is 1. The summed E-state index contributed by atoms with van der Waals surface area (Å²) < 4.78 is 27.8. The van der Waals surface area contributed by atoms with Gasteiger partial charge in [-0.05, 0) is 52.3 Å². The van der Waals surface area contributed by atoms with Crippen molar-refractivity contribution in [1.82, 2.24) is 0 Å². The Kier molecular flexibility index (Phi) is 11.0. The van der Waals surface area contributed by atoms with Gasteiger partial charge in [-0.3, -0.25) is 0 Å². The first-order chi connectivity index (χ1) is 12.9. The molecule has 0 radical (unpaired) electrons. The van der Waals surface area contributed by atoms with Crippen LogP contribution >= 0.6 is 0 Å². The van der Waals surface area contributed by atoms with E-state index in [0.29, 0.717) is 26.2 Å². The number of hydrogen-bond donors (Lipinski definition) is 0. The molecule has 0 fully saturated rings. The van der Waals surface area contributed by atoms with Crippen molar-refractivity contribution in [2.24, 2.45) is 0 Å². The minimum Gasteiger partial charge on any atom is -0.497 e. The van der Waals surface area contributed by atoms with E-state index in [1.54, 1.807) is 14.0 Å². The normalized spacial score (nSPS) is 13.6. The molecule has 0 aliphatic heterocycles. The van der Waals surface area contributed by atoms with Crippen LogP contribution in [0.4, 0.5) is 0 Å². The Morgan fingerprint density at radius 2 is 1.63 bits per heavy atom. The first kappa shape index (κ1) is 23.4. The van der Waals surface area contributed by atoms with Crippen molar-refractivity contribution >= 4 is 5.97 Å². The summed E-state index contributed by atoms with van der Waals surface area (Å²) in [4.78, 5) is 12.3. The molecule has 0 amide bonds. The predicted octanol–water partition coefficient (Wildman–Crippen LogP) is 3.75. The van der Waals surface area contributed by atoms with Crippen LogP contribution < -0.4 is 4.74 Å². The second kappa shape index (κ2) is 12.7. The van der Waals surface area contributed by atoms with Gasteiger partial charge in [0.05, 0.1) is 38.6 Å². The minimum atomic E-state index is -0.767. The summed E-state index contributed by atoms with van der Waals surface area (Å²) in [6.07, 6.45) is -0.814. The molecular weight excluding hydrogens is 348 g/mol. The molecule has 0 bridgehead atoms. The number of esters is 1. The van der Waals surface area contributed by atoms with E-state index in [1.165, 1.54) is 0 Å². The molecule has 1 rings (SSSR count). The van der Waals surface area contributed by atoms with Gasteiger partial charge in [-0.15, -0.1) is 0 Å². The summed E-state index contributed by atoms with van der Waals surface area (Å²) in [6, 6.07) is 7.72. The van der Waals surface area contributed by atoms with E-state index >= 15 is 0 Å². The predicted molar refractivity (Wildman–Crippen MR) is 104 cm³/mol. The maximum atomic E-state index is 12.3. The highest BCUT2D eigenvalue weighted by atomic mass is 16.6. The molecule has 0 aromatic heterocycles. The third-order valence-electron chi connectivity index (χ3n) is 3.70. The zero-order valence-corrected chi connectivity index (χ0v) is 17.4. The van der Waals surface area contributed by atoms with Gasteiger partial charge in [0.25, 0.3) is 0 Å². The Bertz CT molecular complexity index is 526. The van der Waals surface area contributed by atoms with Crippen molar-refractivity contribution in [3.8, 4) is 5.75 Å². The van der Waals surface area contributed by atoms with Crippen LogP contribution in [0.15, 0.2) is 24.3 Å². The molecule has 1 aromatic carbocycles. The van der Waals surface area contributed by atoms with E-state index in [4.69, 9.17) is 23.7 Å². The monoisotopic (exact) mass is 382 g/mol. The summed E-state index contributed by atoms with van der Waals surface area (Å²) in [5, 5.41) is 0. The maximum absolute atomic E-state index is 12.3. The first-order valence-corrected chi connectivity index (χ1v) is 9.55. The van der Waals surface area contributed by atoms with Crippen LogP contribution in [0.3, 0.4) is 0 Å². The highest BCUT2D eigenvalue weighted by Gasteiger charge is 2.32. The molecule has 0 saturated carbocycles. The Morgan fingerprint density at radius 3 is 2.15 bits per heavy atom. The van der Waals surface area contributed by atoms with E-state index in [1.807, 2.05) is 52.0 Å². The highest BCUT2D eigenvalue weighted by Crippen LogP contribution is 2.17. The number of hydrogen-bond acceptors (Lipinski definition) is 6. The van der Waals surface area contributed by atoms with Gasteiger partial charge in [-0.25, -0.2) is 4.79 Å². The SMILES string of the molecule is CCOC(=O)[C@H](OC(C)C)[C@H](CCOCc1ccc(OC)cc1)OC(C)C. The molecule has 154 valence electrons. The van der Waals surface area contributed by atoms with Gasteiger partial charge < -0.3 is 23.7 Å². The summed E-state index contributed by atoms with van der Waals surface area (Å²) in [5.74, 6) is 0.416. The van der Waals surface area contributed by atoms with Gasteiger partial charge in [0.2, 0.25) is 0 Å². The van der Waals surface area contributed by atoms with Crippen molar-refractivity contribution in [2.75, 3.05) is 20.3 Å². The highest BCUT2D eigenvalue weighted by molar-refractivity contribution is 5.75. The van der Waals surface area contributed by atoms with E-state index in [0.717, 1.165) is 11.3 Å². The third kappa shape index (κ3) is 9.22. The average molecular weight is 382 g/mol. The number of methoxy groups -OCH3 is 1. The lowest BCUT2D eigenvalue weighted by molar-refractivity contribution is -0.177. The summed E-state index contributed by atoms with van der Waals surface area (Å²) in [6.45, 7) is 10.7. The lowest BCUT2D eigenvalue weighted by atomic mass is 10.1. The number of carbonyl (C=O) groups excluding carboxylic acids is 1. The molecule has 0 saturated heterocycles. The van der Waals surface area contributed by atoms with Crippen LogP contribution in [0, 0.1) is 0 Å². The van der Waals surface area contributed by atoms with Crippen molar-refractivity contribution in [3.63, 3.8) is 0 Å². The number of ether oxygens (including phenoxy) is 5. The van der Waals surface area contributed by atoms with Crippen LogP contribution in [0.1, 0.15) is 46.6 Å². The zero-order valence-electron chi connectivity index (χ0n) is 17.4. The van der Waals surface area contributed by atoms with Gasteiger partial charge in [0, 0.05) is 13.0 Å². The van der Waals surface area contributed by atoms with E-state index in [2.05, 4.69) is 0 Å². The lowest BCUT2D eigenvalue weighted by Crippen LogP contribution is -2.43. The molecule has 0 unspecified atom stereocenters. The zero-order chi connectivity index (χ0) is 20.2. The van der Waals surface area contributed by atoms with E-state index < -0.39 is 18.2 Å². The first-order valence-electron chi connectivity index (χ1n) is 9.55. The second-order valence-electron chi connectivity index (χ2n) is 6.77. The Morgan fingerprint density at radius 1 is 1.00 bits per heavy atom. The minimum absolute atomic E-state index is 0.0377. The Labute approximate surface area is 163 Å². The van der Waals surface area contributed by atoms with Gasteiger partial charge >= 0.3 is 5.97 Å². The lowest BCUT2D eigenvalue weighted by Gasteiger charge is -2.29. The average Bonchev–Trinajstić information content (AvgIpc) is 2.62. The topological polar surface area (TPSA) is 63.2 Å². The number of carbonyl (C=O) groups is 1. The second-order valence-corrected chi connectivity index (χ2v) is 6.77. The summed E-state index contributed by atoms with van der Waals surface area (Å²) >= 11 is 0. The van der Waals surface area contributed by atoms with Gasteiger partial charge in [0.15, 0.2) is 6.10 Å². The van der Waals surface area contributed by atoms with Crippen molar-refractivity contribution < 1.29 is 28.5 Å². The summed E-state index contributed by atoms with van der Waals surface area (Å²) in [7, 11) is 1.64. The Hall–Kier alpha value is -1.63. The fraction of sp³-hybridized carbons (Fsp3) is 0.667. The number of rotatable bonds is 13. The molecular formula is C21H34O6. The summed E-state index contributed by atoms with van der Waals surface area (Å²) in [5.41, 5.74) is 1.05. The van der Waals surface area contributed by atoms with Crippen LogP contribution in [0.5, 0.6) is 5.75 Å². The molecule has 0 N–H and O–H groups in total. The molecule has 0 heterocycles. The van der Waals surface area contributed by atoms with E-state index in [-0.39, 0.29) is 12.2 Å². The van der Waals surface area contributed by atoms with Crippen LogP contribution in [-0.4, -0.2) is 50.7 Å². The molecule has 6 nitrogen and oxygen atoms in total. The molecule has 27 heavy (non-hydrogen) atoms. The quantitative estimate of drug-likeness (QED) is 0.382. The van der Waals surface area contributed by atoms with Crippen LogP contribution in [-0.2, 0) is 30.3 Å². The smallest absolute Gasteiger partial charge is 0.337 e. The largest absolute Gasteiger partial charge is 0.497 e. The molecule has 2 atom stereocenters.